The highest BCUT2D eigenvalue weighted by atomic mass is 32.2. The van der Waals surface area contributed by atoms with Gasteiger partial charge in [-0.15, -0.1) is 0 Å². The maximum absolute atomic E-state index is 9.84. The van der Waals surface area contributed by atoms with Crippen molar-refractivity contribution < 1.29 is 9.84 Å². The van der Waals surface area contributed by atoms with Crippen molar-refractivity contribution in [3.8, 4) is 5.75 Å². The Kier molecular flexibility index (Phi) is 4.19. The molecule has 20 heavy (non-hydrogen) atoms. The van der Waals surface area contributed by atoms with Crippen molar-refractivity contribution in [2.24, 2.45) is 0 Å². The fraction of sp³-hybridized carbons (Fsp3) is 0.667. The summed E-state index contributed by atoms with van der Waals surface area (Å²) in [4.78, 5) is 4.40. The van der Waals surface area contributed by atoms with Gasteiger partial charge in [-0.25, -0.2) is 0 Å². The molecule has 0 saturated carbocycles. The molecule has 0 aliphatic carbocycles. The lowest BCUT2D eigenvalue weighted by atomic mass is 9.90. The molecule has 1 aromatic rings. The zero-order valence-corrected chi connectivity index (χ0v) is 12.7. The van der Waals surface area contributed by atoms with Crippen molar-refractivity contribution in [1.29, 1.82) is 0 Å². The minimum absolute atomic E-state index is 0.0999. The van der Waals surface area contributed by atoms with Gasteiger partial charge >= 0.3 is 0 Å². The molecule has 0 unspecified atom stereocenters. The average molecular weight is 294 g/mol. The lowest BCUT2D eigenvalue weighted by Crippen LogP contribution is -2.47. The van der Waals surface area contributed by atoms with Gasteiger partial charge in [-0.3, -0.25) is 4.98 Å². The second-order valence-corrected chi connectivity index (χ2v) is 6.93. The topological polar surface area (TPSA) is 54.4 Å². The summed E-state index contributed by atoms with van der Waals surface area (Å²) in [5, 5.41) is 13.4. The Morgan fingerprint density at radius 2 is 2.45 bits per heavy atom. The molecule has 2 aliphatic rings. The molecule has 4 nitrogen and oxygen atoms in total. The minimum atomic E-state index is 0.0999. The number of nitrogens with zero attached hydrogens (tertiary/aromatic N) is 1. The van der Waals surface area contributed by atoms with E-state index in [1.54, 1.807) is 6.07 Å². The Labute approximate surface area is 124 Å². The molecule has 2 N–H and O–H groups in total. The number of aromatic nitrogens is 1. The Hall–Kier alpha value is -0.780. The third-order valence-corrected chi connectivity index (χ3v) is 5.43. The van der Waals surface area contributed by atoms with E-state index in [0.717, 1.165) is 36.6 Å². The number of nitrogens with one attached hydrogen (secondary N) is 1. The molecular formula is C15H22N2O2S. The monoisotopic (exact) mass is 294 g/mol. The summed E-state index contributed by atoms with van der Waals surface area (Å²) in [5.74, 6) is 2.62. The zero-order chi connectivity index (χ0) is 14.0. The van der Waals surface area contributed by atoms with Gasteiger partial charge in [-0.2, -0.15) is 11.8 Å². The molecule has 3 heterocycles. The fourth-order valence-electron chi connectivity index (χ4n) is 3.04. The molecule has 5 heteroatoms. The molecule has 3 rings (SSSR count). The number of aryl methyl sites for hydroxylation is 1. The molecular weight excluding hydrogens is 272 g/mol. The van der Waals surface area contributed by atoms with Crippen LogP contribution < -0.4 is 5.32 Å². The molecule has 110 valence electrons. The van der Waals surface area contributed by atoms with Crippen LogP contribution in [0.4, 0.5) is 0 Å². The molecule has 2 aliphatic heterocycles. The first-order valence-corrected chi connectivity index (χ1v) is 8.43. The van der Waals surface area contributed by atoms with E-state index in [0.29, 0.717) is 12.6 Å². The van der Waals surface area contributed by atoms with Gasteiger partial charge in [-0.1, -0.05) is 0 Å². The van der Waals surface area contributed by atoms with Gasteiger partial charge in [0.2, 0.25) is 0 Å². The van der Waals surface area contributed by atoms with Gasteiger partial charge in [0.1, 0.15) is 5.75 Å². The van der Waals surface area contributed by atoms with Crippen molar-refractivity contribution >= 4 is 11.8 Å². The predicted octanol–water partition coefficient (Wildman–Crippen LogP) is 2.24. The third-order valence-electron chi connectivity index (χ3n) is 4.21. The van der Waals surface area contributed by atoms with E-state index in [2.05, 4.69) is 10.3 Å². The Morgan fingerprint density at radius 3 is 3.25 bits per heavy atom. The van der Waals surface area contributed by atoms with Crippen molar-refractivity contribution in [3.63, 3.8) is 0 Å². The van der Waals surface area contributed by atoms with E-state index >= 15 is 0 Å². The number of rotatable bonds is 3. The van der Waals surface area contributed by atoms with Crippen molar-refractivity contribution in [3.05, 3.63) is 23.5 Å². The molecule has 0 bridgehead atoms. The van der Waals surface area contributed by atoms with Crippen LogP contribution in [0.1, 0.15) is 30.7 Å². The van der Waals surface area contributed by atoms with Gasteiger partial charge in [0.05, 0.1) is 11.3 Å². The molecule has 0 radical (unpaired) electrons. The van der Waals surface area contributed by atoms with Gasteiger partial charge < -0.3 is 15.2 Å². The van der Waals surface area contributed by atoms with E-state index in [9.17, 15) is 5.11 Å². The van der Waals surface area contributed by atoms with Gasteiger partial charge in [0.25, 0.3) is 0 Å². The molecule has 1 aromatic heterocycles. The number of ether oxygens (including phenoxy) is 1. The van der Waals surface area contributed by atoms with Crippen LogP contribution in [0.3, 0.4) is 0 Å². The number of thioether (sulfide) groups is 1. The van der Waals surface area contributed by atoms with Crippen LogP contribution in [0.2, 0.25) is 0 Å². The Morgan fingerprint density at radius 1 is 1.55 bits per heavy atom. The molecule has 2 fully saturated rings. The summed E-state index contributed by atoms with van der Waals surface area (Å²) < 4.78 is 6.03. The quantitative estimate of drug-likeness (QED) is 0.895. The van der Waals surface area contributed by atoms with Crippen molar-refractivity contribution in [2.45, 2.75) is 44.4 Å². The number of aromatic hydroxyl groups is 1. The highest BCUT2D eigenvalue weighted by Crippen LogP contribution is 2.38. The largest absolute Gasteiger partial charge is 0.506 e. The fourth-order valence-corrected chi connectivity index (χ4v) is 4.42. The SMILES string of the molecule is Cc1ccc(O)c(CN[C@@H]2CCO[C@@]3(CCSC3)C2)n1. The Balaban J connectivity index is 1.59. The van der Waals surface area contributed by atoms with Gasteiger partial charge in [0, 0.05) is 30.6 Å². The van der Waals surface area contributed by atoms with Crippen LogP contribution >= 0.6 is 11.8 Å². The third kappa shape index (κ3) is 3.10. The maximum atomic E-state index is 9.84. The van der Waals surface area contributed by atoms with E-state index in [1.165, 1.54) is 12.2 Å². The molecule has 2 atom stereocenters. The summed E-state index contributed by atoms with van der Waals surface area (Å²) in [5.41, 5.74) is 1.78. The molecule has 0 aromatic carbocycles. The summed E-state index contributed by atoms with van der Waals surface area (Å²) in [6.45, 7) is 3.41. The van der Waals surface area contributed by atoms with Crippen LogP contribution in [-0.4, -0.2) is 39.8 Å². The molecule has 0 amide bonds. The van der Waals surface area contributed by atoms with Crippen molar-refractivity contribution in [2.75, 3.05) is 18.1 Å². The molecule has 1 spiro atoms. The lowest BCUT2D eigenvalue weighted by Gasteiger charge is -2.38. The summed E-state index contributed by atoms with van der Waals surface area (Å²) in [6.07, 6.45) is 3.29. The first kappa shape index (κ1) is 14.2. The normalized spacial score (nSPS) is 29.9. The summed E-state index contributed by atoms with van der Waals surface area (Å²) in [7, 11) is 0. The predicted molar refractivity (Wildman–Crippen MR) is 81.1 cm³/mol. The van der Waals surface area contributed by atoms with E-state index in [1.807, 2.05) is 24.8 Å². The van der Waals surface area contributed by atoms with E-state index in [-0.39, 0.29) is 11.4 Å². The number of hydrogen-bond donors (Lipinski definition) is 2. The lowest BCUT2D eigenvalue weighted by molar-refractivity contribution is -0.0703. The first-order valence-electron chi connectivity index (χ1n) is 7.27. The highest BCUT2D eigenvalue weighted by molar-refractivity contribution is 7.99. The highest BCUT2D eigenvalue weighted by Gasteiger charge is 2.40. The van der Waals surface area contributed by atoms with Crippen LogP contribution in [0.15, 0.2) is 12.1 Å². The smallest absolute Gasteiger partial charge is 0.138 e. The minimum Gasteiger partial charge on any atom is -0.506 e. The van der Waals surface area contributed by atoms with Gasteiger partial charge in [-0.05, 0) is 44.1 Å². The van der Waals surface area contributed by atoms with Gasteiger partial charge in [0.15, 0.2) is 0 Å². The van der Waals surface area contributed by atoms with Crippen LogP contribution in [0, 0.1) is 6.92 Å². The van der Waals surface area contributed by atoms with Crippen LogP contribution in [-0.2, 0) is 11.3 Å². The number of pyridine rings is 1. The Bertz CT molecular complexity index is 475. The molecule has 2 saturated heterocycles. The van der Waals surface area contributed by atoms with E-state index in [4.69, 9.17) is 4.74 Å². The second kappa shape index (κ2) is 5.92. The zero-order valence-electron chi connectivity index (χ0n) is 11.9. The van der Waals surface area contributed by atoms with E-state index < -0.39 is 0 Å². The van der Waals surface area contributed by atoms with Crippen molar-refractivity contribution in [1.82, 2.24) is 10.3 Å². The standard InChI is InChI=1S/C15H22N2O2S/c1-11-2-3-14(18)13(17-11)9-16-12-4-6-19-15(8-12)5-7-20-10-15/h2-3,12,16,18H,4-10H2,1H3/t12-,15+/m1/s1. The van der Waals surface area contributed by atoms with Crippen LogP contribution in [0.5, 0.6) is 5.75 Å². The second-order valence-electron chi connectivity index (χ2n) is 5.82. The summed E-state index contributed by atoms with van der Waals surface area (Å²) >= 11 is 2.00. The average Bonchev–Trinajstić information content (AvgIpc) is 2.88. The number of hydrogen-bond acceptors (Lipinski definition) is 5. The maximum Gasteiger partial charge on any atom is 0.138 e. The summed E-state index contributed by atoms with van der Waals surface area (Å²) in [6, 6.07) is 4.01. The first-order chi connectivity index (χ1) is 9.67. The van der Waals surface area contributed by atoms with Crippen LogP contribution in [0.25, 0.3) is 0 Å².